The number of thioether (sulfide) groups is 1. The Morgan fingerprint density at radius 2 is 1.68 bits per heavy atom. The minimum absolute atomic E-state index is 0.0505. The second-order valence-corrected chi connectivity index (χ2v) is 6.33. The number of methoxy groups -OCH3 is 1. The summed E-state index contributed by atoms with van der Waals surface area (Å²) in [6.07, 6.45) is 0. The molecule has 132 valence electrons. The third-order valence-corrected chi connectivity index (χ3v) is 4.16. The van der Waals surface area contributed by atoms with Crippen LogP contribution in [0.5, 0.6) is 11.5 Å². The first-order chi connectivity index (χ1) is 12.0. The average molecular weight is 360 g/mol. The van der Waals surface area contributed by atoms with Gasteiger partial charge in [0.05, 0.1) is 18.6 Å². The summed E-state index contributed by atoms with van der Waals surface area (Å²) in [5.41, 5.74) is 2.27. The summed E-state index contributed by atoms with van der Waals surface area (Å²) < 4.78 is 4.94. The first kappa shape index (κ1) is 18.7. The molecule has 7 heteroatoms. The van der Waals surface area contributed by atoms with E-state index in [2.05, 4.69) is 10.6 Å². The molecular weight excluding hydrogens is 340 g/mol. The van der Waals surface area contributed by atoms with Gasteiger partial charge in [-0.15, -0.1) is 11.8 Å². The van der Waals surface area contributed by atoms with Gasteiger partial charge in [0.25, 0.3) is 0 Å². The van der Waals surface area contributed by atoms with Crippen LogP contribution in [0.4, 0.5) is 11.4 Å². The van der Waals surface area contributed by atoms with Crippen molar-refractivity contribution in [3.05, 3.63) is 48.0 Å². The van der Waals surface area contributed by atoms with Gasteiger partial charge in [0, 0.05) is 17.4 Å². The predicted molar refractivity (Wildman–Crippen MR) is 100 cm³/mol. The van der Waals surface area contributed by atoms with E-state index in [0.717, 1.165) is 11.3 Å². The molecule has 3 N–H and O–H groups in total. The lowest BCUT2D eigenvalue weighted by Gasteiger charge is -2.08. The largest absolute Gasteiger partial charge is 0.504 e. The predicted octanol–water partition coefficient (Wildman–Crippen LogP) is 3.02. The van der Waals surface area contributed by atoms with Crippen LogP contribution in [-0.2, 0) is 9.59 Å². The van der Waals surface area contributed by atoms with E-state index in [1.165, 1.54) is 24.9 Å². The molecule has 2 aromatic carbocycles. The van der Waals surface area contributed by atoms with Crippen LogP contribution < -0.4 is 15.4 Å². The Labute approximate surface area is 150 Å². The molecule has 25 heavy (non-hydrogen) atoms. The van der Waals surface area contributed by atoms with Crippen LogP contribution in [0.25, 0.3) is 0 Å². The Kier molecular flexibility index (Phi) is 6.71. The molecule has 2 aromatic rings. The first-order valence-electron chi connectivity index (χ1n) is 7.59. The third kappa shape index (κ3) is 6.04. The van der Waals surface area contributed by atoms with Crippen molar-refractivity contribution in [3.8, 4) is 11.5 Å². The summed E-state index contributed by atoms with van der Waals surface area (Å²) in [6.45, 7) is 1.95. The maximum atomic E-state index is 11.9. The number of phenols is 1. The second-order valence-electron chi connectivity index (χ2n) is 5.35. The minimum Gasteiger partial charge on any atom is -0.504 e. The van der Waals surface area contributed by atoms with E-state index >= 15 is 0 Å². The summed E-state index contributed by atoms with van der Waals surface area (Å²) in [6, 6.07) is 12.1. The number of hydrogen-bond donors (Lipinski definition) is 3. The molecule has 0 aliphatic carbocycles. The van der Waals surface area contributed by atoms with Gasteiger partial charge in [-0.2, -0.15) is 0 Å². The van der Waals surface area contributed by atoms with E-state index in [1.807, 2.05) is 31.2 Å². The highest BCUT2D eigenvalue weighted by atomic mass is 32.2. The quantitative estimate of drug-likeness (QED) is 0.706. The van der Waals surface area contributed by atoms with Gasteiger partial charge in [0.2, 0.25) is 11.8 Å². The molecule has 0 radical (unpaired) electrons. The summed E-state index contributed by atoms with van der Waals surface area (Å²) in [5.74, 6) is 0.178. The fourth-order valence-electron chi connectivity index (χ4n) is 2.12. The van der Waals surface area contributed by atoms with Crippen molar-refractivity contribution in [2.45, 2.75) is 6.92 Å². The first-order valence-corrected chi connectivity index (χ1v) is 8.74. The number of carbonyl (C=O) groups excluding carboxylic acids is 2. The van der Waals surface area contributed by atoms with Crippen LogP contribution in [0, 0.1) is 6.92 Å². The van der Waals surface area contributed by atoms with E-state index in [1.54, 1.807) is 12.1 Å². The Bertz CT molecular complexity index is 764. The Morgan fingerprint density at radius 3 is 2.24 bits per heavy atom. The van der Waals surface area contributed by atoms with E-state index < -0.39 is 0 Å². The number of carbonyl (C=O) groups is 2. The lowest BCUT2D eigenvalue weighted by Crippen LogP contribution is -2.18. The lowest BCUT2D eigenvalue weighted by molar-refractivity contribution is -0.114. The monoisotopic (exact) mass is 360 g/mol. The van der Waals surface area contributed by atoms with E-state index in [-0.39, 0.29) is 29.1 Å². The molecule has 0 aromatic heterocycles. The normalized spacial score (nSPS) is 10.2. The minimum atomic E-state index is -0.252. The SMILES string of the molecule is COc1ccc(NC(=O)CSCC(=O)Nc2cccc(C)c2)cc1O. The topological polar surface area (TPSA) is 87.7 Å². The van der Waals surface area contributed by atoms with Crippen LogP contribution in [0.2, 0.25) is 0 Å². The van der Waals surface area contributed by atoms with Crippen LogP contribution in [0.3, 0.4) is 0 Å². The van der Waals surface area contributed by atoms with Crippen molar-refractivity contribution < 1.29 is 19.4 Å². The van der Waals surface area contributed by atoms with Crippen LogP contribution in [-0.4, -0.2) is 35.5 Å². The Balaban J connectivity index is 1.74. The van der Waals surface area contributed by atoms with Crippen LogP contribution in [0.1, 0.15) is 5.56 Å². The average Bonchev–Trinajstić information content (AvgIpc) is 2.55. The molecule has 0 saturated carbocycles. The molecule has 0 bridgehead atoms. The van der Waals surface area contributed by atoms with E-state index in [0.29, 0.717) is 11.4 Å². The number of aromatic hydroxyl groups is 1. The Hall–Kier alpha value is -2.67. The molecule has 6 nitrogen and oxygen atoms in total. The molecule has 0 aliphatic rings. The van der Waals surface area contributed by atoms with Crippen molar-refractivity contribution in [1.82, 2.24) is 0 Å². The van der Waals surface area contributed by atoms with Crippen LogP contribution in [0.15, 0.2) is 42.5 Å². The molecule has 0 saturated heterocycles. The zero-order valence-corrected chi connectivity index (χ0v) is 14.9. The van der Waals surface area contributed by atoms with Crippen molar-refractivity contribution >= 4 is 35.0 Å². The van der Waals surface area contributed by atoms with E-state index in [9.17, 15) is 14.7 Å². The number of ether oxygens (including phenoxy) is 1. The molecule has 2 rings (SSSR count). The maximum Gasteiger partial charge on any atom is 0.234 e. The zero-order valence-electron chi connectivity index (χ0n) is 14.0. The van der Waals surface area contributed by atoms with Gasteiger partial charge in [-0.25, -0.2) is 0 Å². The second kappa shape index (κ2) is 8.98. The number of rotatable bonds is 7. The van der Waals surface area contributed by atoms with Gasteiger partial charge in [0.1, 0.15) is 0 Å². The number of nitrogens with one attached hydrogen (secondary N) is 2. The lowest BCUT2D eigenvalue weighted by atomic mass is 10.2. The Morgan fingerprint density at radius 1 is 1.04 bits per heavy atom. The molecular formula is C18H20N2O4S. The molecule has 0 heterocycles. The molecule has 2 amide bonds. The third-order valence-electron chi connectivity index (χ3n) is 3.23. The number of amides is 2. The molecule has 0 aliphatic heterocycles. The molecule has 0 spiro atoms. The number of phenolic OH excluding ortho intramolecular Hbond substituents is 1. The summed E-state index contributed by atoms with van der Waals surface area (Å²) in [5, 5.41) is 15.1. The van der Waals surface area contributed by atoms with Crippen molar-refractivity contribution in [3.63, 3.8) is 0 Å². The smallest absolute Gasteiger partial charge is 0.234 e. The van der Waals surface area contributed by atoms with Gasteiger partial charge >= 0.3 is 0 Å². The summed E-state index contributed by atoms with van der Waals surface area (Å²) in [7, 11) is 1.45. The van der Waals surface area contributed by atoms with Crippen LogP contribution >= 0.6 is 11.8 Å². The van der Waals surface area contributed by atoms with Crippen molar-refractivity contribution in [1.29, 1.82) is 0 Å². The van der Waals surface area contributed by atoms with Crippen molar-refractivity contribution in [2.24, 2.45) is 0 Å². The van der Waals surface area contributed by atoms with Crippen molar-refractivity contribution in [2.75, 3.05) is 29.2 Å². The fraction of sp³-hybridized carbons (Fsp3) is 0.222. The van der Waals surface area contributed by atoms with Gasteiger partial charge in [-0.3, -0.25) is 9.59 Å². The standard InChI is InChI=1S/C18H20N2O4S/c1-12-4-3-5-13(8-12)19-17(22)10-25-11-18(23)20-14-6-7-16(24-2)15(21)9-14/h3-9,21H,10-11H2,1-2H3,(H,19,22)(H,20,23). The highest BCUT2D eigenvalue weighted by molar-refractivity contribution is 8.00. The summed E-state index contributed by atoms with van der Waals surface area (Å²) >= 11 is 1.21. The van der Waals surface area contributed by atoms with Gasteiger partial charge in [0.15, 0.2) is 11.5 Å². The number of anilines is 2. The molecule has 0 fully saturated rings. The highest BCUT2D eigenvalue weighted by Gasteiger charge is 2.08. The fourth-order valence-corrected chi connectivity index (χ4v) is 2.74. The van der Waals surface area contributed by atoms with Gasteiger partial charge < -0.3 is 20.5 Å². The molecule has 0 atom stereocenters. The maximum absolute atomic E-state index is 11.9. The summed E-state index contributed by atoms with van der Waals surface area (Å²) in [4.78, 5) is 23.8. The zero-order chi connectivity index (χ0) is 18.2. The van der Waals surface area contributed by atoms with Gasteiger partial charge in [-0.1, -0.05) is 12.1 Å². The number of aryl methyl sites for hydroxylation is 1. The highest BCUT2D eigenvalue weighted by Crippen LogP contribution is 2.28. The number of benzene rings is 2. The van der Waals surface area contributed by atoms with E-state index in [4.69, 9.17) is 4.74 Å². The number of hydrogen-bond acceptors (Lipinski definition) is 5. The molecule has 0 unspecified atom stereocenters. The van der Waals surface area contributed by atoms with Gasteiger partial charge in [-0.05, 0) is 36.8 Å².